The lowest BCUT2D eigenvalue weighted by molar-refractivity contribution is 0.440. The van der Waals surface area contributed by atoms with E-state index < -0.39 is 5.82 Å². The van der Waals surface area contributed by atoms with Gasteiger partial charge in [-0.1, -0.05) is 30.1 Å². The number of hydrogen-bond donors (Lipinski definition) is 2. The number of benzene rings is 2. The Morgan fingerprint density at radius 3 is 2.55 bits per heavy atom. The van der Waals surface area contributed by atoms with E-state index in [1.807, 2.05) is 6.92 Å². The number of hydrogen-bond acceptors (Lipinski definition) is 3. The molecule has 0 spiro atoms. The first-order valence-corrected chi connectivity index (χ1v) is 7.54. The second kappa shape index (κ2) is 7.18. The summed E-state index contributed by atoms with van der Waals surface area (Å²) in [5, 5.41) is 13.2. The molecule has 0 aromatic heterocycles. The summed E-state index contributed by atoms with van der Waals surface area (Å²) in [7, 11) is 1.75. The lowest BCUT2D eigenvalue weighted by Crippen LogP contribution is -2.07. The Balaban J connectivity index is 2.47. The van der Waals surface area contributed by atoms with Crippen molar-refractivity contribution in [2.24, 2.45) is 0 Å². The van der Waals surface area contributed by atoms with Crippen LogP contribution in [0.25, 0.3) is 0 Å². The summed E-state index contributed by atoms with van der Waals surface area (Å²) >= 11 is 11.7. The highest BCUT2D eigenvalue weighted by Crippen LogP contribution is 2.38. The Labute approximate surface area is 138 Å². The Morgan fingerprint density at radius 2 is 1.91 bits per heavy atom. The van der Waals surface area contributed by atoms with Gasteiger partial charge in [-0.25, -0.2) is 4.39 Å². The van der Waals surface area contributed by atoms with Gasteiger partial charge < -0.3 is 15.2 Å². The molecular formula is C16H16Cl2FNO2. The summed E-state index contributed by atoms with van der Waals surface area (Å²) in [6.45, 7) is 2.30. The number of nitrogens with one attached hydrogen (secondary N) is 1. The Morgan fingerprint density at radius 1 is 1.18 bits per heavy atom. The first kappa shape index (κ1) is 16.9. The van der Waals surface area contributed by atoms with Crippen molar-refractivity contribution in [2.75, 3.05) is 7.05 Å². The summed E-state index contributed by atoms with van der Waals surface area (Å²) in [6.07, 6.45) is 0.540. The lowest BCUT2D eigenvalue weighted by atomic mass is 10.1. The second-order valence-corrected chi connectivity index (χ2v) is 5.55. The molecule has 0 saturated carbocycles. The van der Waals surface area contributed by atoms with Gasteiger partial charge in [0.15, 0.2) is 0 Å². The highest BCUT2D eigenvalue weighted by Gasteiger charge is 2.15. The van der Waals surface area contributed by atoms with Gasteiger partial charge in [-0.05, 0) is 31.7 Å². The number of phenolic OH excluding ortho intramolecular Hbond substituents is 1. The molecule has 0 bridgehead atoms. The van der Waals surface area contributed by atoms with Gasteiger partial charge >= 0.3 is 0 Å². The average molecular weight is 344 g/mol. The summed E-state index contributed by atoms with van der Waals surface area (Å²) in [5.74, 6) is 0.376. The van der Waals surface area contributed by atoms with E-state index in [4.69, 9.17) is 27.9 Å². The number of halogens is 3. The minimum absolute atomic E-state index is 0.00922. The zero-order valence-corrected chi connectivity index (χ0v) is 13.7. The van der Waals surface area contributed by atoms with Crippen LogP contribution in [0.15, 0.2) is 24.3 Å². The van der Waals surface area contributed by atoms with E-state index in [0.717, 1.165) is 0 Å². The van der Waals surface area contributed by atoms with Crippen molar-refractivity contribution in [3.05, 3.63) is 51.3 Å². The summed E-state index contributed by atoms with van der Waals surface area (Å²) in [4.78, 5) is 0. The molecule has 118 valence electrons. The molecule has 0 aliphatic carbocycles. The quantitative estimate of drug-likeness (QED) is 0.810. The molecule has 0 aliphatic heterocycles. The minimum atomic E-state index is -0.506. The molecule has 0 aliphatic rings. The van der Waals surface area contributed by atoms with Crippen LogP contribution in [0.4, 0.5) is 4.39 Å². The Bertz CT molecular complexity index is 692. The lowest BCUT2D eigenvalue weighted by Gasteiger charge is -2.16. The maximum absolute atomic E-state index is 13.6. The van der Waals surface area contributed by atoms with Gasteiger partial charge in [-0.15, -0.1) is 0 Å². The molecule has 2 aromatic rings. The van der Waals surface area contributed by atoms with E-state index in [1.54, 1.807) is 19.2 Å². The number of phenols is 1. The van der Waals surface area contributed by atoms with Gasteiger partial charge in [0.25, 0.3) is 0 Å². The first-order valence-electron chi connectivity index (χ1n) is 6.78. The topological polar surface area (TPSA) is 41.5 Å². The number of ether oxygens (including phenoxy) is 1. The molecule has 3 nitrogen and oxygen atoms in total. The molecule has 0 atom stereocenters. The van der Waals surface area contributed by atoms with E-state index in [0.29, 0.717) is 35.6 Å². The molecule has 0 amide bonds. The molecule has 2 aromatic carbocycles. The van der Waals surface area contributed by atoms with Gasteiger partial charge in [0, 0.05) is 23.7 Å². The maximum atomic E-state index is 13.6. The van der Waals surface area contributed by atoms with Gasteiger partial charge in [0.1, 0.15) is 23.1 Å². The van der Waals surface area contributed by atoms with Gasteiger partial charge in [0.05, 0.1) is 10.0 Å². The predicted octanol–water partition coefficient (Wildman–Crippen LogP) is 4.91. The predicted molar refractivity (Wildman–Crippen MR) is 86.7 cm³/mol. The van der Waals surface area contributed by atoms with Gasteiger partial charge in [-0.3, -0.25) is 0 Å². The van der Waals surface area contributed by atoms with Crippen LogP contribution in [-0.2, 0) is 13.0 Å². The maximum Gasteiger partial charge on any atom is 0.142 e. The Hall–Kier alpha value is -1.49. The number of aromatic hydroxyl groups is 1. The third-order valence-electron chi connectivity index (χ3n) is 3.23. The molecule has 0 heterocycles. The van der Waals surface area contributed by atoms with Crippen molar-refractivity contribution < 1.29 is 14.2 Å². The van der Waals surface area contributed by atoms with E-state index >= 15 is 0 Å². The van der Waals surface area contributed by atoms with Crippen LogP contribution >= 0.6 is 23.2 Å². The monoisotopic (exact) mass is 343 g/mol. The molecule has 0 unspecified atom stereocenters. The van der Waals surface area contributed by atoms with Crippen LogP contribution in [0.2, 0.25) is 10.0 Å². The molecule has 6 heteroatoms. The average Bonchev–Trinajstić information content (AvgIpc) is 2.48. The fourth-order valence-electron chi connectivity index (χ4n) is 2.14. The molecule has 0 fully saturated rings. The zero-order chi connectivity index (χ0) is 16.3. The molecule has 22 heavy (non-hydrogen) atoms. The van der Waals surface area contributed by atoms with E-state index in [-0.39, 0.29) is 15.8 Å². The van der Waals surface area contributed by atoms with Crippen molar-refractivity contribution in [3.63, 3.8) is 0 Å². The normalized spacial score (nSPS) is 10.8. The van der Waals surface area contributed by atoms with Crippen LogP contribution < -0.4 is 10.1 Å². The first-order chi connectivity index (χ1) is 10.5. The smallest absolute Gasteiger partial charge is 0.142 e. The van der Waals surface area contributed by atoms with E-state index in [1.165, 1.54) is 12.1 Å². The highest BCUT2D eigenvalue weighted by atomic mass is 35.5. The van der Waals surface area contributed by atoms with Crippen LogP contribution in [0, 0.1) is 5.82 Å². The van der Waals surface area contributed by atoms with E-state index in [2.05, 4.69) is 5.32 Å². The molecule has 2 rings (SSSR count). The van der Waals surface area contributed by atoms with Crippen LogP contribution in [-0.4, -0.2) is 12.2 Å². The van der Waals surface area contributed by atoms with Gasteiger partial charge in [0.2, 0.25) is 0 Å². The van der Waals surface area contributed by atoms with Crippen molar-refractivity contribution >= 4 is 23.2 Å². The van der Waals surface area contributed by atoms with Crippen LogP contribution in [0.3, 0.4) is 0 Å². The third kappa shape index (κ3) is 3.46. The second-order valence-electron chi connectivity index (χ2n) is 4.73. The van der Waals surface area contributed by atoms with Crippen molar-refractivity contribution in [1.29, 1.82) is 0 Å². The van der Waals surface area contributed by atoms with Crippen molar-refractivity contribution in [1.82, 2.24) is 5.32 Å². The summed E-state index contributed by atoms with van der Waals surface area (Å²) in [6, 6.07) is 5.97. The van der Waals surface area contributed by atoms with E-state index in [9.17, 15) is 9.50 Å². The molecule has 0 radical (unpaired) electrons. The SMILES string of the molecule is CCc1c(Oc2cc(Cl)c(F)cc2CNC)ccc(Cl)c1O. The largest absolute Gasteiger partial charge is 0.506 e. The summed E-state index contributed by atoms with van der Waals surface area (Å²) < 4.78 is 19.5. The van der Waals surface area contributed by atoms with Crippen LogP contribution in [0.5, 0.6) is 17.2 Å². The van der Waals surface area contributed by atoms with Gasteiger partial charge in [-0.2, -0.15) is 0 Å². The fraction of sp³-hybridized carbons (Fsp3) is 0.250. The Kier molecular flexibility index (Phi) is 5.51. The zero-order valence-electron chi connectivity index (χ0n) is 12.2. The van der Waals surface area contributed by atoms with Crippen LogP contribution in [0.1, 0.15) is 18.1 Å². The summed E-state index contributed by atoms with van der Waals surface area (Å²) in [5.41, 5.74) is 1.21. The third-order valence-corrected chi connectivity index (χ3v) is 3.83. The molecular weight excluding hydrogens is 328 g/mol. The fourth-order valence-corrected chi connectivity index (χ4v) is 2.47. The standard InChI is InChI=1S/C16H16Cl2FNO2/c1-3-10-14(5-4-11(17)16(10)21)22-15-7-12(18)13(19)6-9(15)8-20-2/h4-7,20-21H,3,8H2,1-2H3. The molecule has 0 saturated heterocycles. The molecule has 2 N–H and O–H groups in total. The number of rotatable bonds is 5. The minimum Gasteiger partial charge on any atom is -0.506 e. The van der Waals surface area contributed by atoms with Crippen molar-refractivity contribution in [3.8, 4) is 17.2 Å². The highest BCUT2D eigenvalue weighted by molar-refractivity contribution is 6.32. The van der Waals surface area contributed by atoms with Crippen molar-refractivity contribution in [2.45, 2.75) is 19.9 Å².